The van der Waals surface area contributed by atoms with Crippen molar-refractivity contribution in [2.75, 3.05) is 19.7 Å². The van der Waals surface area contributed by atoms with Crippen LogP contribution < -0.4 is 5.32 Å². The maximum atomic E-state index is 8.77. The van der Waals surface area contributed by atoms with Gasteiger partial charge in [0.1, 0.15) is 0 Å². The van der Waals surface area contributed by atoms with Gasteiger partial charge in [-0.2, -0.15) is 0 Å². The van der Waals surface area contributed by atoms with Crippen LogP contribution in [0.1, 0.15) is 12.8 Å². The second kappa shape index (κ2) is 5.58. The zero-order valence-corrected chi connectivity index (χ0v) is 7.49. The summed E-state index contributed by atoms with van der Waals surface area (Å²) in [5.41, 5.74) is 1.00. The standard InChI is InChI=1S/C8H15NO.ClH/c1-7(6-10)8-2-4-9-5-3-8;/h8-10H,1-6H2;1H. The second-order valence-corrected chi connectivity index (χ2v) is 2.84. The lowest BCUT2D eigenvalue weighted by Crippen LogP contribution is -2.29. The van der Waals surface area contributed by atoms with Gasteiger partial charge in [-0.1, -0.05) is 6.58 Å². The summed E-state index contributed by atoms with van der Waals surface area (Å²) in [5.74, 6) is 0.561. The molecule has 0 radical (unpaired) electrons. The molecule has 66 valence electrons. The molecule has 1 aliphatic heterocycles. The highest BCUT2D eigenvalue weighted by molar-refractivity contribution is 5.85. The number of aliphatic hydroxyl groups excluding tert-OH is 1. The van der Waals surface area contributed by atoms with Crippen LogP contribution in [0.3, 0.4) is 0 Å². The van der Waals surface area contributed by atoms with Crippen LogP contribution in [0, 0.1) is 5.92 Å². The van der Waals surface area contributed by atoms with Crippen molar-refractivity contribution in [1.29, 1.82) is 0 Å². The number of halogens is 1. The quantitative estimate of drug-likeness (QED) is 0.616. The Hall–Kier alpha value is -0.0500. The fraction of sp³-hybridized carbons (Fsp3) is 0.750. The van der Waals surface area contributed by atoms with Crippen molar-refractivity contribution in [2.24, 2.45) is 5.92 Å². The molecule has 1 aliphatic rings. The van der Waals surface area contributed by atoms with Gasteiger partial charge in [0.15, 0.2) is 0 Å². The molecule has 0 bridgehead atoms. The maximum absolute atomic E-state index is 8.77. The highest BCUT2D eigenvalue weighted by Gasteiger charge is 2.14. The van der Waals surface area contributed by atoms with Crippen molar-refractivity contribution >= 4 is 12.4 Å². The Morgan fingerprint density at radius 1 is 1.45 bits per heavy atom. The predicted octanol–water partition coefficient (Wildman–Crippen LogP) is 0.956. The Balaban J connectivity index is 0.000001000. The van der Waals surface area contributed by atoms with Gasteiger partial charge in [-0.25, -0.2) is 0 Å². The lowest BCUT2D eigenvalue weighted by molar-refractivity contribution is 0.298. The van der Waals surface area contributed by atoms with E-state index in [9.17, 15) is 0 Å². The average molecular weight is 178 g/mol. The van der Waals surface area contributed by atoms with Gasteiger partial charge >= 0.3 is 0 Å². The summed E-state index contributed by atoms with van der Waals surface area (Å²) < 4.78 is 0. The lowest BCUT2D eigenvalue weighted by atomic mass is 9.91. The number of aliphatic hydroxyl groups is 1. The first-order chi connectivity index (χ1) is 4.84. The fourth-order valence-corrected chi connectivity index (χ4v) is 1.36. The molecule has 0 spiro atoms. The van der Waals surface area contributed by atoms with E-state index >= 15 is 0 Å². The molecule has 0 amide bonds. The summed E-state index contributed by atoms with van der Waals surface area (Å²) in [6.07, 6.45) is 2.28. The summed E-state index contributed by atoms with van der Waals surface area (Å²) in [6, 6.07) is 0. The number of nitrogens with one attached hydrogen (secondary N) is 1. The van der Waals surface area contributed by atoms with Gasteiger partial charge in [0.2, 0.25) is 0 Å². The third-order valence-corrected chi connectivity index (χ3v) is 2.12. The monoisotopic (exact) mass is 177 g/mol. The van der Waals surface area contributed by atoms with Gasteiger partial charge in [-0.05, 0) is 37.4 Å². The third-order valence-electron chi connectivity index (χ3n) is 2.12. The van der Waals surface area contributed by atoms with Crippen LogP contribution in [0.15, 0.2) is 12.2 Å². The molecule has 0 unspecified atom stereocenters. The number of rotatable bonds is 2. The Kier molecular flexibility index (Phi) is 5.56. The Bertz CT molecular complexity index is 121. The van der Waals surface area contributed by atoms with Crippen LogP contribution in [-0.2, 0) is 0 Å². The molecular weight excluding hydrogens is 162 g/mol. The van der Waals surface area contributed by atoms with Crippen LogP contribution in [0.5, 0.6) is 0 Å². The van der Waals surface area contributed by atoms with Crippen LogP contribution in [0.4, 0.5) is 0 Å². The van der Waals surface area contributed by atoms with E-state index in [2.05, 4.69) is 11.9 Å². The van der Waals surface area contributed by atoms with Crippen molar-refractivity contribution in [3.05, 3.63) is 12.2 Å². The van der Waals surface area contributed by atoms with Crippen molar-refractivity contribution in [2.45, 2.75) is 12.8 Å². The topological polar surface area (TPSA) is 32.3 Å². The molecule has 3 heteroatoms. The molecule has 0 aromatic rings. The van der Waals surface area contributed by atoms with Gasteiger partial charge in [0.05, 0.1) is 6.61 Å². The first-order valence-electron chi connectivity index (χ1n) is 3.84. The molecular formula is C8H16ClNO. The van der Waals surface area contributed by atoms with Crippen molar-refractivity contribution in [1.82, 2.24) is 5.32 Å². The first kappa shape index (κ1) is 11.0. The molecule has 0 aromatic heterocycles. The molecule has 0 aromatic carbocycles. The van der Waals surface area contributed by atoms with Crippen LogP contribution in [-0.4, -0.2) is 24.8 Å². The molecule has 0 saturated carbocycles. The highest BCUT2D eigenvalue weighted by Crippen LogP contribution is 2.18. The molecule has 0 atom stereocenters. The molecule has 2 N–H and O–H groups in total. The lowest BCUT2D eigenvalue weighted by Gasteiger charge is -2.23. The van der Waals surface area contributed by atoms with E-state index in [1.807, 2.05) is 0 Å². The minimum atomic E-state index is 0. The molecule has 1 fully saturated rings. The van der Waals surface area contributed by atoms with Gasteiger partial charge < -0.3 is 10.4 Å². The summed E-state index contributed by atoms with van der Waals surface area (Å²) in [4.78, 5) is 0. The van der Waals surface area contributed by atoms with E-state index in [0.717, 1.165) is 31.5 Å². The summed E-state index contributed by atoms with van der Waals surface area (Å²) in [5, 5.41) is 12.0. The zero-order chi connectivity index (χ0) is 7.40. The molecule has 0 aliphatic carbocycles. The second-order valence-electron chi connectivity index (χ2n) is 2.84. The summed E-state index contributed by atoms with van der Waals surface area (Å²) in [6.45, 7) is 6.12. The van der Waals surface area contributed by atoms with Gasteiger partial charge in [0.25, 0.3) is 0 Å². The molecule has 11 heavy (non-hydrogen) atoms. The Morgan fingerprint density at radius 2 is 2.00 bits per heavy atom. The fourth-order valence-electron chi connectivity index (χ4n) is 1.36. The minimum Gasteiger partial charge on any atom is -0.392 e. The highest BCUT2D eigenvalue weighted by atomic mass is 35.5. The van der Waals surface area contributed by atoms with E-state index in [-0.39, 0.29) is 19.0 Å². The Morgan fingerprint density at radius 3 is 2.45 bits per heavy atom. The maximum Gasteiger partial charge on any atom is 0.0641 e. The van der Waals surface area contributed by atoms with Gasteiger partial charge in [-0.15, -0.1) is 12.4 Å². The Labute approximate surface area is 74.1 Å². The smallest absolute Gasteiger partial charge is 0.0641 e. The van der Waals surface area contributed by atoms with E-state index < -0.39 is 0 Å². The number of piperidine rings is 1. The largest absolute Gasteiger partial charge is 0.392 e. The van der Waals surface area contributed by atoms with Crippen molar-refractivity contribution in [3.8, 4) is 0 Å². The van der Waals surface area contributed by atoms with Gasteiger partial charge in [-0.3, -0.25) is 0 Å². The van der Waals surface area contributed by atoms with Crippen molar-refractivity contribution < 1.29 is 5.11 Å². The van der Waals surface area contributed by atoms with E-state index in [1.54, 1.807) is 0 Å². The summed E-state index contributed by atoms with van der Waals surface area (Å²) >= 11 is 0. The van der Waals surface area contributed by atoms with E-state index in [1.165, 1.54) is 0 Å². The first-order valence-corrected chi connectivity index (χ1v) is 3.84. The third kappa shape index (κ3) is 3.23. The SMILES string of the molecule is C=C(CO)C1CCNCC1.Cl. The predicted molar refractivity (Wildman–Crippen MR) is 49.1 cm³/mol. The number of hydrogen-bond donors (Lipinski definition) is 2. The molecule has 1 saturated heterocycles. The minimum absolute atomic E-state index is 0. The van der Waals surface area contributed by atoms with E-state index in [4.69, 9.17) is 5.11 Å². The molecule has 2 nitrogen and oxygen atoms in total. The molecule has 1 heterocycles. The average Bonchev–Trinajstić information content (AvgIpc) is 2.05. The summed E-state index contributed by atoms with van der Waals surface area (Å²) in [7, 11) is 0. The molecule has 1 rings (SSSR count). The zero-order valence-electron chi connectivity index (χ0n) is 6.68. The van der Waals surface area contributed by atoms with Gasteiger partial charge in [0, 0.05) is 0 Å². The van der Waals surface area contributed by atoms with E-state index in [0.29, 0.717) is 5.92 Å². The number of hydrogen-bond acceptors (Lipinski definition) is 2. The van der Waals surface area contributed by atoms with Crippen LogP contribution in [0.25, 0.3) is 0 Å². The normalized spacial score (nSPS) is 19.0. The van der Waals surface area contributed by atoms with Crippen LogP contribution in [0.2, 0.25) is 0 Å². The van der Waals surface area contributed by atoms with Crippen LogP contribution >= 0.6 is 12.4 Å². The van der Waals surface area contributed by atoms with Crippen molar-refractivity contribution in [3.63, 3.8) is 0 Å².